The summed E-state index contributed by atoms with van der Waals surface area (Å²) in [5.41, 5.74) is 6.58. The zero-order valence-corrected chi connectivity index (χ0v) is 27.0. The normalized spacial score (nSPS) is 14.5. The minimum Gasteiger partial charge on any atom is -0.491 e. The number of aliphatic hydroxyl groups is 2. The van der Waals surface area contributed by atoms with Crippen LogP contribution in [0.3, 0.4) is 0 Å². The van der Waals surface area contributed by atoms with Crippen molar-refractivity contribution in [1.29, 1.82) is 0 Å². The van der Waals surface area contributed by atoms with Crippen LogP contribution in [-0.4, -0.2) is 57.8 Å². The third-order valence-electron chi connectivity index (χ3n) is 7.84. The van der Waals surface area contributed by atoms with E-state index in [4.69, 9.17) is 9.47 Å². The first-order valence-electron chi connectivity index (χ1n) is 14.6. The molecule has 0 fully saturated rings. The Labute approximate surface area is 270 Å². The highest BCUT2D eigenvalue weighted by molar-refractivity contribution is 8.03. The van der Waals surface area contributed by atoms with Crippen molar-refractivity contribution < 1.29 is 19.7 Å². The molecule has 6 nitrogen and oxygen atoms in total. The van der Waals surface area contributed by atoms with Crippen LogP contribution in [0.15, 0.2) is 106 Å². The van der Waals surface area contributed by atoms with Gasteiger partial charge in [-0.2, -0.15) is 0 Å². The van der Waals surface area contributed by atoms with E-state index in [0.29, 0.717) is 17.9 Å². The Hall–Kier alpha value is -3.34. The highest BCUT2D eigenvalue weighted by Crippen LogP contribution is 2.56. The molecule has 0 saturated carbocycles. The maximum absolute atomic E-state index is 10.6. The molecule has 0 aliphatic heterocycles. The van der Waals surface area contributed by atoms with Gasteiger partial charge in [-0.1, -0.05) is 115 Å². The fraction of sp³-hybridized carbons (Fsp3) is 0.257. The SMILES string of the molecule is CCC(O)COc1ccc(C2(c3ccc(OCC(O)CSc4nnc(SC)s4)cc3)c3ccccc3-c3ccccc32)cc1. The molecule has 4 aromatic carbocycles. The minimum atomic E-state index is -0.639. The van der Waals surface area contributed by atoms with Gasteiger partial charge in [0.05, 0.1) is 17.6 Å². The molecule has 226 valence electrons. The van der Waals surface area contributed by atoms with Crippen LogP contribution < -0.4 is 9.47 Å². The predicted octanol–water partition coefficient (Wildman–Crippen LogP) is 7.30. The number of aliphatic hydroxyl groups excluding tert-OH is 2. The lowest BCUT2D eigenvalue weighted by molar-refractivity contribution is 0.104. The van der Waals surface area contributed by atoms with Gasteiger partial charge in [0.25, 0.3) is 0 Å². The lowest BCUT2D eigenvalue weighted by atomic mass is 9.68. The number of fused-ring (bicyclic) bond motifs is 3. The van der Waals surface area contributed by atoms with Crippen LogP contribution in [0.1, 0.15) is 35.6 Å². The summed E-state index contributed by atoms with van der Waals surface area (Å²) in [5, 5.41) is 28.8. The van der Waals surface area contributed by atoms with Gasteiger partial charge in [-0.05, 0) is 70.3 Å². The lowest BCUT2D eigenvalue weighted by Crippen LogP contribution is -2.28. The third-order valence-corrected chi connectivity index (χ3v) is 11.0. The van der Waals surface area contributed by atoms with Crippen molar-refractivity contribution >= 4 is 34.9 Å². The number of thioether (sulfide) groups is 2. The van der Waals surface area contributed by atoms with E-state index in [1.165, 1.54) is 45.4 Å². The van der Waals surface area contributed by atoms with E-state index in [0.717, 1.165) is 25.6 Å². The van der Waals surface area contributed by atoms with Crippen LogP contribution >= 0.6 is 34.9 Å². The number of rotatable bonds is 13. The van der Waals surface area contributed by atoms with Crippen molar-refractivity contribution in [1.82, 2.24) is 10.2 Å². The second-order valence-corrected chi connectivity index (χ2v) is 13.9. The topological polar surface area (TPSA) is 84.7 Å². The van der Waals surface area contributed by atoms with Gasteiger partial charge < -0.3 is 19.7 Å². The van der Waals surface area contributed by atoms with Crippen molar-refractivity contribution in [3.63, 3.8) is 0 Å². The Morgan fingerprint density at radius 1 is 0.705 bits per heavy atom. The molecule has 44 heavy (non-hydrogen) atoms. The summed E-state index contributed by atoms with van der Waals surface area (Å²) in [7, 11) is 0. The first-order valence-corrected chi connectivity index (χ1v) is 17.6. The molecule has 1 heterocycles. The fourth-order valence-electron chi connectivity index (χ4n) is 5.68. The Morgan fingerprint density at radius 2 is 1.20 bits per heavy atom. The van der Waals surface area contributed by atoms with Gasteiger partial charge in [0, 0.05) is 5.75 Å². The maximum Gasteiger partial charge on any atom is 0.175 e. The first kappa shape index (κ1) is 30.7. The zero-order chi connectivity index (χ0) is 30.5. The second kappa shape index (κ2) is 13.7. The second-order valence-electron chi connectivity index (χ2n) is 10.6. The Balaban J connectivity index is 1.28. The summed E-state index contributed by atoms with van der Waals surface area (Å²) >= 11 is 4.59. The number of hydrogen-bond donors (Lipinski definition) is 2. The number of aromatic nitrogens is 2. The summed E-state index contributed by atoms with van der Waals surface area (Å²) in [4.78, 5) is 0. The highest BCUT2D eigenvalue weighted by Gasteiger charge is 2.45. The molecule has 1 aliphatic rings. The molecule has 0 spiro atoms. The number of ether oxygens (including phenoxy) is 2. The standard InChI is InChI=1S/C35H34N2O4S3/c1-3-25(38)20-40-27-16-12-23(13-17-27)35(31-10-6-4-8-29(31)30-9-5-7-11-32(30)35)24-14-18-28(19-15-24)41-21-26(39)22-43-34-37-36-33(42-2)44-34/h4-19,25-26,38-39H,3,20-22H2,1-2H3. The monoisotopic (exact) mass is 642 g/mol. The van der Waals surface area contributed by atoms with Crippen LogP contribution in [0.2, 0.25) is 0 Å². The molecule has 0 bridgehead atoms. The van der Waals surface area contributed by atoms with E-state index in [1.807, 2.05) is 37.4 Å². The highest BCUT2D eigenvalue weighted by atomic mass is 32.2. The first-order chi connectivity index (χ1) is 21.5. The van der Waals surface area contributed by atoms with Crippen molar-refractivity contribution in [2.75, 3.05) is 25.2 Å². The van der Waals surface area contributed by atoms with Gasteiger partial charge >= 0.3 is 0 Å². The largest absolute Gasteiger partial charge is 0.491 e. The van der Waals surface area contributed by atoms with E-state index >= 15 is 0 Å². The van der Waals surface area contributed by atoms with E-state index < -0.39 is 17.6 Å². The van der Waals surface area contributed by atoms with E-state index in [1.54, 1.807) is 11.8 Å². The molecule has 0 saturated heterocycles. The van der Waals surface area contributed by atoms with E-state index in [-0.39, 0.29) is 13.2 Å². The average Bonchev–Trinajstić information content (AvgIpc) is 3.67. The fourth-order valence-corrected chi connectivity index (χ4v) is 8.05. The van der Waals surface area contributed by atoms with E-state index in [9.17, 15) is 10.2 Å². The van der Waals surface area contributed by atoms with Crippen LogP contribution in [0, 0.1) is 0 Å². The van der Waals surface area contributed by atoms with E-state index in [2.05, 4.69) is 83.0 Å². The Morgan fingerprint density at radius 3 is 1.70 bits per heavy atom. The van der Waals surface area contributed by atoms with Gasteiger partial charge in [0.15, 0.2) is 8.68 Å². The van der Waals surface area contributed by atoms with Gasteiger partial charge in [0.1, 0.15) is 24.7 Å². The molecule has 2 atom stereocenters. The summed E-state index contributed by atoms with van der Waals surface area (Å²) in [6.45, 7) is 2.39. The predicted molar refractivity (Wildman–Crippen MR) is 179 cm³/mol. The summed E-state index contributed by atoms with van der Waals surface area (Å²) < 4.78 is 13.6. The summed E-state index contributed by atoms with van der Waals surface area (Å²) in [6, 6.07) is 33.7. The van der Waals surface area contributed by atoms with Crippen molar-refractivity contribution in [2.24, 2.45) is 0 Å². The molecule has 5 aromatic rings. The molecule has 0 radical (unpaired) electrons. The zero-order valence-electron chi connectivity index (χ0n) is 24.6. The molecule has 1 aromatic heterocycles. The Kier molecular flexibility index (Phi) is 9.59. The maximum atomic E-state index is 10.6. The smallest absolute Gasteiger partial charge is 0.175 e. The Bertz CT molecular complexity index is 1650. The third kappa shape index (κ3) is 6.12. The number of nitrogens with zero attached hydrogens (tertiary/aromatic N) is 2. The molecule has 0 amide bonds. The van der Waals surface area contributed by atoms with Gasteiger partial charge in [-0.15, -0.1) is 10.2 Å². The average molecular weight is 643 g/mol. The number of hydrogen-bond acceptors (Lipinski definition) is 9. The van der Waals surface area contributed by atoms with Crippen molar-refractivity contribution in [2.45, 2.75) is 39.6 Å². The summed E-state index contributed by atoms with van der Waals surface area (Å²) in [5.74, 6) is 1.91. The van der Waals surface area contributed by atoms with Crippen molar-refractivity contribution in [3.05, 3.63) is 119 Å². The molecule has 1 aliphatic carbocycles. The van der Waals surface area contributed by atoms with Crippen LogP contribution in [-0.2, 0) is 5.41 Å². The van der Waals surface area contributed by atoms with Gasteiger partial charge in [0.2, 0.25) is 0 Å². The quantitative estimate of drug-likeness (QED) is 0.127. The molecule has 9 heteroatoms. The minimum absolute atomic E-state index is 0.186. The van der Waals surface area contributed by atoms with Crippen LogP contribution in [0.4, 0.5) is 0 Å². The molecule has 6 rings (SSSR count). The van der Waals surface area contributed by atoms with Crippen LogP contribution in [0.25, 0.3) is 11.1 Å². The molecular weight excluding hydrogens is 609 g/mol. The molecular formula is C35H34N2O4S3. The summed E-state index contributed by atoms with van der Waals surface area (Å²) in [6.07, 6.45) is 1.50. The molecule has 2 unspecified atom stereocenters. The van der Waals surface area contributed by atoms with Gasteiger partial charge in [-0.25, -0.2) is 0 Å². The lowest BCUT2D eigenvalue weighted by Gasteiger charge is -2.34. The molecule has 2 N–H and O–H groups in total. The van der Waals surface area contributed by atoms with Crippen LogP contribution in [0.5, 0.6) is 11.5 Å². The number of benzene rings is 4. The van der Waals surface area contributed by atoms with Crippen molar-refractivity contribution in [3.8, 4) is 22.6 Å². The van der Waals surface area contributed by atoms with Gasteiger partial charge in [-0.3, -0.25) is 0 Å².